The number of H-pyrrole nitrogens is 1. The maximum atomic E-state index is 5.83. The van der Waals surface area contributed by atoms with Crippen molar-refractivity contribution < 1.29 is 0 Å². The Kier molecular flexibility index (Phi) is 1.72. The summed E-state index contributed by atoms with van der Waals surface area (Å²) in [6, 6.07) is 3.75. The summed E-state index contributed by atoms with van der Waals surface area (Å²) in [6.45, 7) is 0. The molecule has 0 saturated heterocycles. The lowest BCUT2D eigenvalue weighted by molar-refractivity contribution is 1.34. The van der Waals surface area contributed by atoms with Crippen LogP contribution in [-0.4, -0.2) is 15.0 Å². The Labute approximate surface area is 89.8 Å². The van der Waals surface area contributed by atoms with Gasteiger partial charge < -0.3 is 10.7 Å². The summed E-state index contributed by atoms with van der Waals surface area (Å²) in [7, 11) is 0. The van der Waals surface area contributed by atoms with Gasteiger partial charge in [-0.05, 0) is 17.5 Å². The Bertz CT molecular complexity index is 577. The van der Waals surface area contributed by atoms with Crippen molar-refractivity contribution in [2.24, 2.45) is 0 Å². The number of aromatic nitrogens is 3. The molecule has 0 unspecified atom stereocenters. The first-order valence-corrected chi connectivity index (χ1v) is 5.35. The molecule has 0 spiro atoms. The van der Waals surface area contributed by atoms with Gasteiger partial charge >= 0.3 is 0 Å². The van der Waals surface area contributed by atoms with E-state index in [1.165, 1.54) is 0 Å². The van der Waals surface area contributed by atoms with Crippen LogP contribution in [0.5, 0.6) is 0 Å². The maximum Gasteiger partial charge on any atom is 0.150 e. The quantitative estimate of drug-likeness (QED) is 0.655. The molecule has 0 atom stereocenters. The first-order valence-electron chi connectivity index (χ1n) is 4.47. The highest BCUT2D eigenvalue weighted by Gasteiger charge is 2.08. The van der Waals surface area contributed by atoms with Crippen molar-refractivity contribution in [3.63, 3.8) is 0 Å². The first kappa shape index (κ1) is 8.43. The van der Waals surface area contributed by atoms with Crippen LogP contribution in [0.3, 0.4) is 0 Å². The van der Waals surface area contributed by atoms with Crippen LogP contribution in [0.15, 0.2) is 29.9 Å². The number of nitrogen functional groups attached to an aromatic ring is 1. The lowest BCUT2D eigenvalue weighted by atomic mass is 10.4. The highest BCUT2D eigenvalue weighted by Crippen LogP contribution is 2.30. The first-order chi connectivity index (χ1) is 7.34. The molecule has 0 aromatic carbocycles. The molecule has 0 bridgehead atoms. The van der Waals surface area contributed by atoms with Gasteiger partial charge in [0.25, 0.3) is 0 Å². The predicted molar refractivity (Wildman–Crippen MR) is 61.6 cm³/mol. The van der Waals surface area contributed by atoms with Crippen LogP contribution in [0.1, 0.15) is 0 Å². The molecule has 0 radical (unpaired) electrons. The van der Waals surface area contributed by atoms with E-state index in [1.807, 2.05) is 17.5 Å². The zero-order valence-electron chi connectivity index (χ0n) is 7.77. The van der Waals surface area contributed by atoms with Crippen LogP contribution in [0.2, 0.25) is 0 Å². The standard InChI is InChI=1S/C10H8N4S/c11-6-2-4-15-9(6)10-13-7-1-3-12-5-8(7)14-10/h1-5H,11H2,(H,13,14). The van der Waals surface area contributed by atoms with E-state index < -0.39 is 0 Å². The number of rotatable bonds is 1. The van der Waals surface area contributed by atoms with E-state index in [2.05, 4.69) is 15.0 Å². The summed E-state index contributed by atoms with van der Waals surface area (Å²) in [4.78, 5) is 12.7. The van der Waals surface area contributed by atoms with Crippen LogP contribution in [-0.2, 0) is 0 Å². The van der Waals surface area contributed by atoms with Gasteiger partial charge in [0.1, 0.15) is 0 Å². The smallest absolute Gasteiger partial charge is 0.150 e. The van der Waals surface area contributed by atoms with Crippen LogP contribution >= 0.6 is 11.3 Å². The summed E-state index contributed by atoms with van der Waals surface area (Å²) in [5.74, 6) is 0.811. The highest BCUT2D eigenvalue weighted by molar-refractivity contribution is 7.14. The average molecular weight is 216 g/mol. The highest BCUT2D eigenvalue weighted by atomic mass is 32.1. The minimum atomic E-state index is 0.756. The monoisotopic (exact) mass is 216 g/mol. The molecule has 0 fully saturated rings. The molecule has 3 aromatic rings. The summed E-state index contributed by atoms with van der Waals surface area (Å²) in [5.41, 5.74) is 8.43. The Balaban J connectivity index is 2.24. The summed E-state index contributed by atoms with van der Waals surface area (Å²) in [5, 5.41) is 1.95. The molecule has 15 heavy (non-hydrogen) atoms. The normalized spacial score (nSPS) is 10.9. The molecular weight excluding hydrogens is 208 g/mol. The Morgan fingerprint density at radius 3 is 3.00 bits per heavy atom. The van der Waals surface area contributed by atoms with E-state index in [-0.39, 0.29) is 0 Å². The minimum absolute atomic E-state index is 0.756. The van der Waals surface area contributed by atoms with Gasteiger partial charge in [-0.2, -0.15) is 0 Å². The molecule has 3 heterocycles. The summed E-state index contributed by atoms with van der Waals surface area (Å²) < 4.78 is 0. The number of hydrogen-bond donors (Lipinski definition) is 2. The van der Waals surface area contributed by atoms with Crippen LogP contribution < -0.4 is 5.73 Å². The third-order valence-electron chi connectivity index (χ3n) is 2.19. The molecule has 0 aliphatic carbocycles. The number of pyridine rings is 1. The topological polar surface area (TPSA) is 67.6 Å². The number of nitrogens with zero attached hydrogens (tertiary/aromatic N) is 2. The molecule has 74 valence electrons. The SMILES string of the molecule is Nc1ccsc1-c1nc2ccncc2[nH]1. The molecule has 0 aliphatic heterocycles. The number of nitrogens with one attached hydrogen (secondary N) is 1. The second-order valence-corrected chi connectivity index (χ2v) is 4.10. The zero-order valence-corrected chi connectivity index (χ0v) is 8.58. The van der Waals surface area contributed by atoms with Gasteiger partial charge in [-0.25, -0.2) is 4.98 Å². The molecule has 0 aliphatic rings. The molecule has 0 amide bonds. The fourth-order valence-electron chi connectivity index (χ4n) is 1.48. The number of aromatic amines is 1. The van der Waals surface area contributed by atoms with Crippen LogP contribution in [0.25, 0.3) is 21.7 Å². The lowest BCUT2D eigenvalue weighted by Crippen LogP contribution is -1.84. The van der Waals surface area contributed by atoms with Gasteiger partial charge in [-0.1, -0.05) is 0 Å². The number of nitrogens with two attached hydrogens (primary N) is 1. The van der Waals surface area contributed by atoms with Gasteiger partial charge in [0.15, 0.2) is 5.82 Å². The second-order valence-electron chi connectivity index (χ2n) is 3.18. The van der Waals surface area contributed by atoms with Crippen molar-refractivity contribution in [3.05, 3.63) is 29.9 Å². The van der Waals surface area contributed by atoms with Gasteiger partial charge in [-0.15, -0.1) is 11.3 Å². The van der Waals surface area contributed by atoms with Crippen molar-refractivity contribution in [1.29, 1.82) is 0 Å². The van der Waals surface area contributed by atoms with Gasteiger partial charge in [0.05, 0.1) is 27.8 Å². The third-order valence-corrected chi connectivity index (χ3v) is 3.13. The number of anilines is 1. The minimum Gasteiger partial charge on any atom is -0.397 e. The second kappa shape index (κ2) is 3.06. The lowest BCUT2D eigenvalue weighted by Gasteiger charge is -1.91. The van der Waals surface area contributed by atoms with Gasteiger partial charge in [0.2, 0.25) is 0 Å². The molecule has 3 rings (SSSR count). The summed E-state index contributed by atoms with van der Waals surface area (Å²) >= 11 is 1.58. The Hall–Kier alpha value is -1.88. The van der Waals surface area contributed by atoms with Crippen molar-refractivity contribution in [2.45, 2.75) is 0 Å². The molecule has 0 saturated carbocycles. The maximum absolute atomic E-state index is 5.83. The van der Waals surface area contributed by atoms with E-state index in [0.717, 1.165) is 27.4 Å². The Morgan fingerprint density at radius 1 is 1.33 bits per heavy atom. The van der Waals surface area contributed by atoms with E-state index in [9.17, 15) is 0 Å². The summed E-state index contributed by atoms with van der Waals surface area (Å²) in [6.07, 6.45) is 3.49. The van der Waals surface area contributed by atoms with E-state index in [0.29, 0.717) is 0 Å². The Morgan fingerprint density at radius 2 is 2.27 bits per heavy atom. The average Bonchev–Trinajstić information content (AvgIpc) is 2.82. The molecular formula is C10H8N4S. The fraction of sp³-hybridized carbons (Fsp3) is 0. The molecule has 3 aromatic heterocycles. The van der Waals surface area contributed by atoms with Gasteiger partial charge in [-0.3, -0.25) is 4.98 Å². The van der Waals surface area contributed by atoms with Crippen molar-refractivity contribution in [1.82, 2.24) is 15.0 Å². The number of hydrogen-bond acceptors (Lipinski definition) is 4. The predicted octanol–water partition coefficient (Wildman–Crippen LogP) is 2.27. The van der Waals surface area contributed by atoms with Crippen LogP contribution in [0.4, 0.5) is 5.69 Å². The van der Waals surface area contributed by atoms with E-state index >= 15 is 0 Å². The van der Waals surface area contributed by atoms with Crippen molar-refractivity contribution >= 4 is 28.1 Å². The number of imidazole rings is 1. The third kappa shape index (κ3) is 1.28. The fourth-order valence-corrected chi connectivity index (χ4v) is 2.24. The molecule has 3 N–H and O–H groups in total. The molecule has 4 nitrogen and oxygen atoms in total. The van der Waals surface area contributed by atoms with E-state index in [4.69, 9.17) is 5.73 Å². The van der Waals surface area contributed by atoms with Crippen molar-refractivity contribution in [3.8, 4) is 10.7 Å². The number of fused-ring (bicyclic) bond motifs is 1. The van der Waals surface area contributed by atoms with Gasteiger partial charge in [0, 0.05) is 6.20 Å². The van der Waals surface area contributed by atoms with E-state index in [1.54, 1.807) is 23.7 Å². The van der Waals surface area contributed by atoms with Crippen molar-refractivity contribution in [2.75, 3.05) is 5.73 Å². The molecule has 5 heteroatoms. The zero-order chi connectivity index (χ0) is 10.3. The largest absolute Gasteiger partial charge is 0.397 e. The van der Waals surface area contributed by atoms with Crippen LogP contribution in [0, 0.1) is 0 Å². The number of thiophene rings is 1.